The van der Waals surface area contributed by atoms with Gasteiger partial charge >= 0.3 is 0 Å². The number of rotatable bonds is 8. The number of thiocarbonyl (C=S) groups is 1. The summed E-state index contributed by atoms with van der Waals surface area (Å²) in [7, 11) is 1.62. The van der Waals surface area contributed by atoms with Crippen LogP contribution in [0.4, 0.5) is 5.69 Å². The van der Waals surface area contributed by atoms with Crippen molar-refractivity contribution >= 4 is 50.9 Å². The Bertz CT molecular complexity index is 1260. The molecule has 1 N–H and O–H groups in total. The highest BCUT2D eigenvalue weighted by atomic mass is 79.9. The van der Waals surface area contributed by atoms with Crippen LogP contribution < -0.4 is 24.4 Å². The highest BCUT2D eigenvalue weighted by Crippen LogP contribution is 2.32. The Morgan fingerprint density at radius 3 is 2.62 bits per heavy atom. The van der Waals surface area contributed by atoms with E-state index < -0.39 is 0 Å². The smallest absolute Gasteiger partial charge is 0.281 e. The van der Waals surface area contributed by atoms with Gasteiger partial charge in [0.05, 0.1) is 19.4 Å². The van der Waals surface area contributed by atoms with Crippen molar-refractivity contribution in [2.24, 2.45) is 0 Å². The van der Waals surface area contributed by atoms with Crippen molar-refractivity contribution in [3.63, 3.8) is 0 Å². The first-order valence-corrected chi connectivity index (χ1v) is 11.8. The number of para-hydroxylation sites is 2. The number of anilines is 1. The van der Waals surface area contributed by atoms with E-state index in [1.807, 2.05) is 73.7 Å². The maximum atomic E-state index is 13.2. The van der Waals surface area contributed by atoms with Crippen molar-refractivity contribution in [1.82, 2.24) is 5.32 Å². The molecule has 174 valence electrons. The monoisotopic (exact) mass is 538 g/mol. The van der Waals surface area contributed by atoms with Crippen molar-refractivity contribution in [3.05, 3.63) is 88.0 Å². The summed E-state index contributed by atoms with van der Waals surface area (Å²) in [5.41, 5.74) is 2.64. The lowest BCUT2D eigenvalue weighted by atomic mass is 10.1. The van der Waals surface area contributed by atoms with E-state index >= 15 is 0 Å². The molecule has 0 radical (unpaired) electrons. The third kappa shape index (κ3) is 5.24. The Labute approximate surface area is 212 Å². The van der Waals surface area contributed by atoms with Gasteiger partial charge in [-0.05, 0) is 73.2 Å². The van der Waals surface area contributed by atoms with Gasteiger partial charge in [-0.25, -0.2) is 4.90 Å². The van der Waals surface area contributed by atoms with Crippen LogP contribution in [0.5, 0.6) is 17.2 Å². The van der Waals surface area contributed by atoms with Crippen LogP contribution in [0.3, 0.4) is 0 Å². The van der Waals surface area contributed by atoms with Gasteiger partial charge in [0, 0.05) is 10.0 Å². The van der Waals surface area contributed by atoms with Crippen LogP contribution >= 0.6 is 28.1 Å². The van der Waals surface area contributed by atoms with Crippen molar-refractivity contribution in [3.8, 4) is 17.2 Å². The normalized spacial score (nSPS) is 14.3. The SMILES string of the molecule is CCOc1ccccc1N1C(=O)/C(=C\c2ccc(OC)c(COc3cccc(Br)c3)c2)NC1=S. The third-order valence-corrected chi connectivity index (χ3v) is 5.87. The number of nitrogens with one attached hydrogen (secondary N) is 1. The van der Waals surface area contributed by atoms with Crippen LogP contribution in [0.1, 0.15) is 18.1 Å². The summed E-state index contributed by atoms with van der Waals surface area (Å²) in [4.78, 5) is 14.7. The zero-order valence-electron chi connectivity index (χ0n) is 18.7. The molecule has 4 rings (SSSR count). The van der Waals surface area contributed by atoms with Gasteiger partial charge in [0.2, 0.25) is 0 Å². The highest BCUT2D eigenvalue weighted by Gasteiger charge is 2.33. The molecule has 3 aromatic carbocycles. The molecule has 1 aliphatic heterocycles. The van der Waals surface area contributed by atoms with E-state index in [0.717, 1.165) is 21.3 Å². The molecule has 1 saturated heterocycles. The molecule has 0 aromatic heterocycles. The molecule has 1 heterocycles. The highest BCUT2D eigenvalue weighted by molar-refractivity contribution is 9.10. The summed E-state index contributed by atoms with van der Waals surface area (Å²) in [5.74, 6) is 1.78. The molecule has 1 aliphatic rings. The second-order valence-electron chi connectivity index (χ2n) is 7.35. The van der Waals surface area contributed by atoms with Gasteiger partial charge < -0.3 is 19.5 Å². The van der Waals surface area contributed by atoms with Gasteiger partial charge in [0.25, 0.3) is 5.91 Å². The van der Waals surface area contributed by atoms with Crippen molar-refractivity contribution in [2.75, 3.05) is 18.6 Å². The van der Waals surface area contributed by atoms with Gasteiger partial charge in [0.1, 0.15) is 29.6 Å². The Morgan fingerprint density at radius 1 is 1.03 bits per heavy atom. The van der Waals surface area contributed by atoms with Crippen molar-refractivity contribution in [1.29, 1.82) is 0 Å². The molecule has 6 nitrogen and oxygen atoms in total. The molecule has 1 fully saturated rings. The first-order valence-electron chi connectivity index (χ1n) is 10.6. The largest absolute Gasteiger partial charge is 0.496 e. The number of benzene rings is 3. The van der Waals surface area contributed by atoms with E-state index in [2.05, 4.69) is 21.2 Å². The van der Waals surface area contributed by atoms with E-state index in [-0.39, 0.29) is 5.91 Å². The first kappa shape index (κ1) is 23.8. The standard InChI is InChI=1S/C26H23BrN2O4S/c1-3-32-24-10-5-4-9-22(24)29-25(30)21(28-26(29)34)14-17-11-12-23(31-2)18(13-17)16-33-20-8-6-7-19(27)15-20/h4-15H,3,16H2,1-2H3,(H,28,34)/b21-14+. The van der Waals surface area contributed by atoms with Gasteiger partial charge in [-0.15, -0.1) is 0 Å². The zero-order chi connectivity index (χ0) is 24.1. The number of halogens is 1. The fourth-order valence-corrected chi connectivity index (χ4v) is 4.23. The van der Waals surface area contributed by atoms with Crippen LogP contribution in [-0.4, -0.2) is 24.7 Å². The van der Waals surface area contributed by atoms with Crippen LogP contribution in [0.25, 0.3) is 6.08 Å². The molecule has 0 aliphatic carbocycles. The second kappa shape index (κ2) is 10.7. The third-order valence-electron chi connectivity index (χ3n) is 5.09. The number of hydrogen-bond acceptors (Lipinski definition) is 5. The van der Waals surface area contributed by atoms with E-state index in [4.69, 9.17) is 26.4 Å². The molecule has 0 spiro atoms. The summed E-state index contributed by atoms with van der Waals surface area (Å²) < 4.78 is 18.0. The molecule has 1 amide bonds. The summed E-state index contributed by atoms with van der Waals surface area (Å²) in [5, 5.41) is 3.33. The summed E-state index contributed by atoms with van der Waals surface area (Å²) >= 11 is 8.91. The van der Waals surface area contributed by atoms with E-state index in [1.54, 1.807) is 13.2 Å². The van der Waals surface area contributed by atoms with Gasteiger partial charge in [-0.2, -0.15) is 0 Å². The lowest BCUT2D eigenvalue weighted by molar-refractivity contribution is -0.113. The number of hydrogen-bond donors (Lipinski definition) is 1. The number of nitrogens with zero attached hydrogens (tertiary/aromatic N) is 1. The Kier molecular flexibility index (Phi) is 7.49. The maximum Gasteiger partial charge on any atom is 0.281 e. The minimum absolute atomic E-state index is 0.250. The molecule has 8 heteroatoms. The van der Waals surface area contributed by atoms with Crippen LogP contribution in [-0.2, 0) is 11.4 Å². The number of methoxy groups -OCH3 is 1. The average molecular weight is 539 g/mol. The zero-order valence-corrected chi connectivity index (χ0v) is 21.1. The minimum Gasteiger partial charge on any atom is -0.496 e. The number of amides is 1. The number of ether oxygens (including phenoxy) is 3. The first-order chi connectivity index (χ1) is 16.5. The van der Waals surface area contributed by atoms with Crippen molar-refractivity contribution < 1.29 is 19.0 Å². The molecule has 3 aromatic rings. The van der Waals surface area contributed by atoms with Gasteiger partial charge in [0.15, 0.2) is 5.11 Å². The minimum atomic E-state index is -0.250. The van der Waals surface area contributed by atoms with Crippen LogP contribution in [0.15, 0.2) is 76.9 Å². The lowest BCUT2D eigenvalue weighted by Gasteiger charge is -2.18. The van der Waals surface area contributed by atoms with E-state index in [0.29, 0.717) is 41.2 Å². The number of carbonyl (C=O) groups is 1. The maximum absolute atomic E-state index is 13.2. The molecular formula is C26H23BrN2O4S. The molecule has 0 atom stereocenters. The molecule has 34 heavy (non-hydrogen) atoms. The summed E-state index contributed by atoms with van der Waals surface area (Å²) in [6.45, 7) is 2.69. The fraction of sp³-hybridized carbons (Fsp3) is 0.154. The predicted octanol–water partition coefficient (Wildman–Crippen LogP) is 5.70. The lowest BCUT2D eigenvalue weighted by Crippen LogP contribution is -2.30. The van der Waals surface area contributed by atoms with E-state index in [9.17, 15) is 4.79 Å². The van der Waals surface area contributed by atoms with Crippen LogP contribution in [0.2, 0.25) is 0 Å². The Hall–Kier alpha value is -3.36. The van der Waals surface area contributed by atoms with Gasteiger partial charge in [-0.3, -0.25) is 4.79 Å². The van der Waals surface area contributed by atoms with Crippen molar-refractivity contribution in [2.45, 2.75) is 13.5 Å². The molecule has 0 bridgehead atoms. The van der Waals surface area contributed by atoms with Gasteiger partial charge in [-0.1, -0.05) is 40.2 Å². The topological polar surface area (TPSA) is 60.0 Å². The molecule has 0 saturated carbocycles. The summed E-state index contributed by atoms with van der Waals surface area (Å²) in [6, 6.07) is 20.6. The van der Waals surface area contributed by atoms with Crippen LogP contribution in [0, 0.1) is 0 Å². The predicted molar refractivity (Wildman–Crippen MR) is 140 cm³/mol. The molecule has 0 unspecified atom stereocenters. The Morgan fingerprint density at radius 2 is 1.85 bits per heavy atom. The Balaban J connectivity index is 1.58. The molecular weight excluding hydrogens is 516 g/mol. The number of carbonyl (C=O) groups excluding carboxylic acids is 1. The summed E-state index contributed by atoms with van der Waals surface area (Å²) in [6.07, 6.45) is 1.76. The quantitative estimate of drug-likeness (QED) is 0.293. The average Bonchev–Trinajstić information content (AvgIpc) is 3.11. The second-order valence-corrected chi connectivity index (χ2v) is 8.65. The fourth-order valence-electron chi connectivity index (χ4n) is 3.56. The van der Waals surface area contributed by atoms with E-state index in [1.165, 1.54) is 4.90 Å².